The molecule has 28 heavy (non-hydrogen) atoms. The van der Waals surface area contributed by atoms with Gasteiger partial charge in [-0.1, -0.05) is 74.8 Å². The quantitative estimate of drug-likeness (QED) is 0.756. The molecule has 3 fully saturated rings. The predicted molar refractivity (Wildman–Crippen MR) is 111 cm³/mol. The SMILES string of the molecule is Cc1ccc([C@@H]2C(=O)N(C3CCCC3)CC(=O)N2C2CCCCCCC2)cc1. The van der Waals surface area contributed by atoms with Crippen LogP contribution in [0, 0.1) is 6.92 Å². The van der Waals surface area contributed by atoms with E-state index in [2.05, 4.69) is 31.2 Å². The minimum atomic E-state index is -0.438. The molecule has 152 valence electrons. The van der Waals surface area contributed by atoms with Crippen LogP contribution in [-0.2, 0) is 9.59 Å². The number of amides is 2. The highest BCUT2D eigenvalue weighted by Gasteiger charge is 2.45. The zero-order valence-electron chi connectivity index (χ0n) is 17.2. The van der Waals surface area contributed by atoms with Crippen molar-refractivity contribution in [1.29, 1.82) is 0 Å². The summed E-state index contributed by atoms with van der Waals surface area (Å²) < 4.78 is 0. The molecule has 2 saturated carbocycles. The van der Waals surface area contributed by atoms with Crippen LogP contribution in [0.1, 0.15) is 87.8 Å². The molecule has 0 spiro atoms. The smallest absolute Gasteiger partial charge is 0.250 e. The lowest BCUT2D eigenvalue weighted by atomic mass is 9.91. The maximum atomic E-state index is 13.7. The largest absolute Gasteiger partial charge is 0.328 e. The van der Waals surface area contributed by atoms with E-state index in [1.165, 1.54) is 37.7 Å². The fourth-order valence-electron chi connectivity index (χ4n) is 5.43. The molecule has 4 heteroatoms. The summed E-state index contributed by atoms with van der Waals surface area (Å²) in [6.45, 7) is 2.34. The molecule has 1 atom stereocenters. The van der Waals surface area contributed by atoms with Gasteiger partial charge in [0.15, 0.2) is 0 Å². The zero-order chi connectivity index (χ0) is 19.5. The molecule has 1 heterocycles. The van der Waals surface area contributed by atoms with Crippen molar-refractivity contribution in [3.05, 3.63) is 35.4 Å². The van der Waals surface area contributed by atoms with E-state index in [1.54, 1.807) is 0 Å². The number of piperazine rings is 1. The summed E-state index contributed by atoms with van der Waals surface area (Å²) in [6, 6.07) is 8.26. The minimum absolute atomic E-state index is 0.150. The Bertz CT molecular complexity index is 685. The molecular formula is C24H34N2O2. The first kappa shape index (κ1) is 19.5. The van der Waals surface area contributed by atoms with E-state index < -0.39 is 6.04 Å². The summed E-state index contributed by atoms with van der Waals surface area (Å²) >= 11 is 0. The summed E-state index contributed by atoms with van der Waals surface area (Å²) in [7, 11) is 0. The summed E-state index contributed by atoms with van der Waals surface area (Å²) in [5.74, 6) is 0.306. The molecule has 1 saturated heterocycles. The zero-order valence-corrected chi connectivity index (χ0v) is 17.2. The van der Waals surface area contributed by atoms with E-state index in [0.717, 1.165) is 44.1 Å². The summed E-state index contributed by atoms with van der Waals surface area (Å²) in [5.41, 5.74) is 2.16. The van der Waals surface area contributed by atoms with E-state index in [9.17, 15) is 9.59 Å². The average Bonchev–Trinajstić information content (AvgIpc) is 3.19. The Balaban J connectivity index is 1.66. The normalized spacial score (nSPS) is 25.8. The molecule has 2 aliphatic carbocycles. The van der Waals surface area contributed by atoms with E-state index >= 15 is 0 Å². The number of carbonyl (C=O) groups excluding carboxylic acids is 2. The second-order valence-electron chi connectivity index (χ2n) is 9.02. The lowest BCUT2D eigenvalue weighted by Gasteiger charge is -2.46. The van der Waals surface area contributed by atoms with E-state index in [1.807, 2.05) is 9.80 Å². The Morgan fingerprint density at radius 2 is 1.29 bits per heavy atom. The summed E-state index contributed by atoms with van der Waals surface area (Å²) in [6.07, 6.45) is 12.6. The topological polar surface area (TPSA) is 40.6 Å². The van der Waals surface area contributed by atoms with Crippen LogP contribution in [0.2, 0.25) is 0 Å². The molecular weight excluding hydrogens is 348 g/mol. The molecule has 3 aliphatic rings. The third kappa shape index (κ3) is 3.97. The van der Waals surface area contributed by atoms with Gasteiger partial charge in [0.2, 0.25) is 5.91 Å². The van der Waals surface area contributed by atoms with Gasteiger partial charge in [-0.05, 0) is 38.2 Å². The molecule has 4 rings (SSSR count). The van der Waals surface area contributed by atoms with E-state index in [0.29, 0.717) is 0 Å². The van der Waals surface area contributed by atoms with Gasteiger partial charge in [-0.15, -0.1) is 0 Å². The van der Waals surface area contributed by atoms with Gasteiger partial charge >= 0.3 is 0 Å². The molecule has 1 aliphatic heterocycles. The van der Waals surface area contributed by atoms with Gasteiger partial charge in [0.25, 0.3) is 5.91 Å². The second kappa shape index (κ2) is 8.67. The third-order valence-corrected chi connectivity index (χ3v) is 7.02. The summed E-state index contributed by atoms with van der Waals surface area (Å²) in [4.78, 5) is 31.0. The van der Waals surface area contributed by atoms with Gasteiger partial charge < -0.3 is 9.80 Å². The molecule has 0 radical (unpaired) electrons. The third-order valence-electron chi connectivity index (χ3n) is 7.02. The monoisotopic (exact) mass is 382 g/mol. The van der Waals surface area contributed by atoms with Crippen molar-refractivity contribution in [2.24, 2.45) is 0 Å². The minimum Gasteiger partial charge on any atom is -0.328 e. The van der Waals surface area contributed by atoms with Crippen LogP contribution in [0.5, 0.6) is 0 Å². The van der Waals surface area contributed by atoms with Gasteiger partial charge in [-0.25, -0.2) is 0 Å². The first-order valence-corrected chi connectivity index (χ1v) is 11.3. The van der Waals surface area contributed by atoms with Crippen LogP contribution in [-0.4, -0.2) is 40.2 Å². The van der Waals surface area contributed by atoms with Crippen LogP contribution in [0.15, 0.2) is 24.3 Å². The molecule has 0 N–H and O–H groups in total. The molecule has 4 nitrogen and oxygen atoms in total. The lowest BCUT2D eigenvalue weighted by Crippen LogP contribution is -2.60. The highest BCUT2D eigenvalue weighted by Crippen LogP contribution is 2.36. The number of hydrogen-bond donors (Lipinski definition) is 0. The highest BCUT2D eigenvalue weighted by molar-refractivity contribution is 5.96. The Morgan fingerprint density at radius 1 is 0.750 bits per heavy atom. The lowest BCUT2D eigenvalue weighted by molar-refractivity contribution is -0.161. The fraction of sp³-hybridized carbons (Fsp3) is 0.667. The van der Waals surface area contributed by atoms with Crippen molar-refractivity contribution in [3.63, 3.8) is 0 Å². The van der Waals surface area contributed by atoms with Crippen LogP contribution >= 0.6 is 0 Å². The highest BCUT2D eigenvalue weighted by atomic mass is 16.2. The predicted octanol–water partition coefficient (Wildman–Crippen LogP) is 4.76. The Morgan fingerprint density at radius 3 is 1.93 bits per heavy atom. The summed E-state index contributed by atoms with van der Waals surface area (Å²) in [5, 5.41) is 0. The number of rotatable bonds is 3. The number of nitrogens with zero attached hydrogens (tertiary/aromatic N) is 2. The average molecular weight is 383 g/mol. The molecule has 1 aromatic carbocycles. The van der Waals surface area contributed by atoms with Crippen LogP contribution < -0.4 is 0 Å². The van der Waals surface area contributed by atoms with Crippen molar-refractivity contribution >= 4 is 11.8 Å². The van der Waals surface area contributed by atoms with Gasteiger partial charge in [-0.2, -0.15) is 0 Å². The van der Waals surface area contributed by atoms with Gasteiger partial charge in [0, 0.05) is 12.1 Å². The molecule has 0 bridgehead atoms. The number of carbonyl (C=O) groups is 2. The maximum Gasteiger partial charge on any atom is 0.250 e. The Labute approximate surface area is 169 Å². The molecule has 0 unspecified atom stereocenters. The molecule has 1 aromatic rings. The molecule has 0 aromatic heterocycles. The number of aryl methyl sites for hydroxylation is 1. The maximum absolute atomic E-state index is 13.7. The number of benzene rings is 1. The van der Waals surface area contributed by atoms with Crippen molar-refractivity contribution in [3.8, 4) is 0 Å². The Hall–Kier alpha value is -1.84. The first-order valence-electron chi connectivity index (χ1n) is 11.3. The van der Waals surface area contributed by atoms with Gasteiger partial charge in [0.05, 0.1) is 0 Å². The van der Waals surface area contributed by atoms with Crippen molar-refractivity contribution < 1.29 is 9.59 Å². The van der Waals surface area contributed by atoms with Crippen molar-refractivity contribution in [2.45, 2.75) is 95.7 Å². The van der Waals surface area contributed by atoms with Crippen LogP contribution in [0.25, 0.3) is 0 Å². The van der Waals surface area contributed by atoms with Gasteiger partial charge in [-0.3, -0.25) is 9.59 Å². The van der Waals surface area contributed by atoms with Crippen LogP contribution in [0.4, 0.5) is 0 Å². The fourth-order valence-corrected chi connectivity index (χ4v) is 5.43. The first-order chi connectivity index (χ1) is 13.6. The van der Waals surface area contributed by atoms with Crippen molar-refractivity contribution in [2.75, 3.05) is 6.54 Å². The van der Waals surface area contributed by atoms with Gasteiger partial charge in [0.1, 0.15) is 12.6 Å². The number of hydrogen-bond acceptors (Lipinski definition) is 2. The Kier molecular flexibility index (Phi) is 6.03. The van der Waals surface area contributed by atoms with Crippen molar-refractivity contribution in [1.82, 2.24) is 9.80 Å². The second-order valence-corrected chi connectivity index (χ2v) is 9.02. The standard InChI is InChI=1S/C24H34N2O2/c1-18-13-15-19(16-14-18)23-24(28)25(20-9-7-8-10-20)17-22(27)26(23)21-11-5-3-2-4-6-12-21/h13-16,20-21,23H,2-12,17H2,1H3/t23-/m1/s1. The van der Waals surface area contributed by atoms with Crippen LogP contribution in [0.3, 0.4) is 0 Å². The molecule has 2 amide bonds. The van der Waals surface area contributed by atoms with E-state index in [4.69, 9.17) is 0 Å². The van der Waals surface area contributed by atoms with E-state index in [-0.39, 0.29) is 30.4 Å².